The normalized spacial score (nSPS) is 11.1. The van der Waals surface area contributed by atoms with Crippen LogP contribution >= 0.6 is 0 Å². The summed E-state index contributed by atoms with van der Waals surface area (Å²) in [6.45, 7) is 0. The number of carbonyl (C=O) groups excluding carboxylic acids is 1. The molecule has 0 aliphatic carbocycles. The van der Waals surface area contributed by atoms with Gasteiger partial charge in [0, 0.05) is 6.20 Å². The fourth-order valence-corrected chi connectivity index (χ4v) is 2.27. The van der Waals surface area contributed by atoms with Crippen LogP contribution in [0.25, 0.3) is 0 Å². The molecule has 1 heterocycles. The zero-order valence-corrected chi connectivity index (χ0v) is 11.0. The van der Waals surface area contributed by atoms with Crippen LogP contribution in [0.2, 0.25) is 0 Å². The van der Waals surface area contributed by atoms with Gasteiger partial charge in [-0.3, -0.25) is 4.79 Å². The molecule has 0 saturated heterocycles. The zero-order valence-electron chi connectivity index (χ0n) is 10.1. The van der Waals surface area contributed by atoms with Crippen molar-refractivity contribution in [1.82, 2.24) is 4.98 Å². The Morgan fingerprint density at radius 2 is 1.90 bits per heavy atom. The van der Waals surface area contributed by atoms with E-state index in [-0.39, 0.29) is 22.0 Å². The van der Waals surface area contributed by atoms with Crippen LogP contribution in [0.15, 0.2) is 47.5 Å². The number of rotatable bonds is 3. The van der Waals surface area contributed by atoms with E-state index >= 15 is 0 Å². The van der Waals surface area contributed by atoms with Crippen molar-refractivity contribution < 1.29 is 18.3 Å². The summed E-state index contributed by atoms with van der Waals surface area (Å²) in [6.07, 6.45) is 1.33. The van der Waals surface area contributed by atoms with Gasteiger partial charge in [0.15, 0.2) is 5.69 Å². The highest BCUT2D eigenvalue weighted by Gasteiger charge is 2.18. The molecule has 0 radical (unpaired) electrons. The van der Waals surface area contributed by atoms with Gasteiger partial charge in [0.05, 0.1) is 5.69 Å². The Labute approximate surface area is 115 Å². The van der Waals surface area contributed by atoms with Crippen LogP contribution in [-0.2, 0) is 10.0 Å². The number of nitrogens with one attached hydrogen (secondary N) is 1. The zero-order chi connectivity index (χ0) is 14.8. The van der Waals surface area contributed by atoms with Gasteiger partial charge in [0.2, 0.25) is 10.0 Å². The van der Waals surface area contributed by atoms with Crippen LogP contribution in [0.5, 0.6) is 5.75 Å². The summed E-state index contributed by atoms with van der Waals surface area (Å²) in [5, 5.41) is 16.9. The largest absolute Gasteiger partial charge is 0.505 e. The van der Waals surface area contributed by atoms with E-state index in [1.165, 1.54) is 36.5 Å². The number of hydrogen-bond donors (Lipinski definition) is 3. The van der Waals surface area contributed by atoms with Gasteiger partial charge in [-0.25, -0.2) is 18.5 Å². The molecule has 0 atom stereocenters. The van der Waals surface area contributed by atoms with E-state index in [2.05, 4.69) is 10.3 Å². The molecule has 1 aromatic carbocycles. The SMILES string of the molecule is NS(=O)(=O)c1ccccc1NC(=O)c1ncccc1O. The lowest BCUT2D eigenvalue weighted by Crippen LogP contribution is -2.19. The third kappa shape index (κ3) is 2.92. The molecule has 1 aromatic heterocycles. The van der Waals surface area contributed by atoms with Crippen molar-refractivity contribution in [2.75, 3.05) is 5.32 Å². The third-order valence-corrected chi connectivity index (χ3v) is 3.41. The van der Waals surface area contributed by atoms with Gasteiger partial charge in [-0.2, -0.15) is 0 Å². The first kappa shape index (κ1) is 14.0. The van der Waals surface area contributed by atoms with Crippen LogP contribution < -0.4 is 10.5 Å². The fraction of sp³-hybridized carbons (Fsp3) is 0. The lowest BCUT2D eigenvalue weighted by molar-refractivity contribution is 0.101. The van der Waals surface area contributed by atoms with Gasteiger partial charge in [0.1, 0.15) is 10.6 Å². The molecule has 104 valence electrons. The number of nitrogens with zero attached hydrogens (tertiary/aromatic N) is 1. The van der Waals surface area contributed by atoms with Gasteiger partial charge in [0.25, 0.3) is 5.91 Å². The van der Waals surface area contributed by atoms with Crippen molar-refractivity contribution in [2.24, 2.45) is 5.14 Å². The number of aromatic hydroxyl groups is 1. The molecule has 0 unspecified atom stereocenters. The van der Waals surface area contributed by atoms with Gasteiger partial charge in [-0.05, 0) is 24.3 Å². The molecule has 4 N–H and O–H groups in total. The van der Waals surface area contributed by atoms with Gasteiger partial charge in [-0.1, -0.05) is 12.1 Å². The first-order valence-corrected chi connectivity index (χ1v) is 7.01. The Morgan fingerprint density at radius 1 is 1.20 bits per heavy atom. The van der Waals surface area contributed by atoms with Crippen LogP contribution in [0.3, 0.4) is 0 Å². The molecule has 2 aromatic rings. The predicted octanol–water partition coefficient (Wildman–Crippen LogP) is 0.687. The summed E-state index contributed by atoms with van der Waals surface area (Å²) in [5.74, 6) is -1.04. The van der Waals surface area contributed by atoms with Crippen molar-refractivity contribution >= 4 is 21.6 Å². The quantitative estimate of drug-likeness (QED) is 0.768. The average molecular weight is 293 g/mol. The van der Waals surface area contributed by atoms with Crippen molar-refractivity contribution in [2.45, 2.75) is 4.90 Å². The Hall–Kier alpha value is -2.45. The highest BCUT2D eigenvalue weighted by Crippen LogP contribution is 2.21. The van der Waals surface area contributed by atoms with Crippen molar-refractivity contribution in [3.05, 3.63) is 48.3 Å². The predicted molar refractivity (Wildman–Crippen MR) is 71.7 cm³/mol. The number of carbonyl (C=O) groups is 1. The summed E-state index contributed by atoms with van der Waals surface area (Å²) in [6, 6.07) is 8.44. The Morgan fingerprint density at radius 3 is 2.55 bits per heavy atom. The monoisotopic (exact) mass is 293 g/mol. The molecule has 0 bridgehead atoms. The summed E-state index contributed by atoms with van der Waals surface area (Å²) in [5.41, 5.74) is -0.193. The van der Waals surface area contributed by atoms with Crippen molar-refractivity contribution in [1.29, 1.82) is 0 Å². The van der Waals surface area contributed by atoms with Crippen LogP contribution in [0, 0.1) is 0 Å². The second-order valence-corrected chi connectivity index (χ2v) is 5.40. The number of amides is 1. The minimum Gasteiger partial charge on any atom is -0.505 e. The smallest absolute Gasteiger partial charge is 0.278 e. The van der Waals surface area contributed by atoms with Crippen LogP contribution in [0.4, 0.5) is 5.69 Å². The maximum Gasteiger partial charge on any atom is 0.278 e. The van der Waals surface area contributed by atoms with E-state index in [0.717, 1.165) is 0 Å². The minimum atomic E-state index is -3.97. The van der Waals surface area contributed by atoms with Crippen molar-refractivity contribution in [3.8, 4) is 5.75 Å². The van der Waals surface area contributed by atoms with E-state index in [1.54, 1.807) is 6.07 Å². The molecule has 0 spiro atoms. The number of sulfonamides is 1. The maximum atomic E-state index is 11.9. The first-order valence-electron chi connectivity index (χ1n) is 5.47. The number of anilines is 1. The van der Waals surface area contributed by atoms with Crippen LogP contribution in [-0.4, -0.2) is 24.4 Å². The highest BCUT2D eigenvalue weighted by molar-refractivity contribution is 7.89. The van der Waals surface area contributed by atoms with Crippen LogP contribution in [0.1, 0.15) is 10.5 Å². The van der Waals surface area contributed by atoms with Crippen molar-refractivity contribution in [3.63, 3.8) is 0 Å². The lowest BCUT2D eigenvalue weighted by atomic mass is 10.2. The summed E-state index contributed by atoms with van der Waals surface area (Å²) in [7, 11) is -3.97. The Balaban J connectivity index is 2.37. The number of hydrogen-bond acceptors (Lipinski definition) is 5. The molecule has 20 heavy (non-hydrogen) atoms. The van der Waals surface area contributed by atoms with Gasteiger partial charge < -0.3 is 10.4 Å². The Bertz CT molecular complexity index is 759. The number of primary sulfonamides is 1. The van der Waals surface area contributed by atoms with Gasteiger partial charge >= 0.3 is 0 Å². The Kier molecular flexibility index (Phi) is 3.68. The second kappa shape index (κ2) is 5.27. The molecular weight excluding hydrogens is 282 g/mol. The topological polar surface area (TPSA) is 122 Å². The lowest BCUT2D eigenvalue weighted by Gasteiger charge is -2.09. The maximum absolute atomic E-state index is 11.9. The number of benzene rings is 1. The first-order chi connectivity index (χ1) is 9.39. The van der Waals surface area contributed by atoms with E-state index in [9.17, 15) is 18.3 Å². The highest BCUT2D eigenvalue weighted by atomic mass is 32.2. The standard InChI is InChI=1S/C12H11N3O4S/c13-20(18,19)10-6-2-1-4-8(10)15-12(17)11-9(16)5-3-7-14-11/h1-7,16H,(H,15,17)(H2,13,18,19). The molecule has 0 fully saturated rings. The van der Waals surface area contributed by atoms with E-state index in [1.807, 2.05) is 0 Å². The van der Waals surface area contributed by atoms with Gasteiger partial charge in [-0.15, -0.1) is 0 Å². The molecular formula is C12H11N3O4S. The number of para-hydroxylation sites is 1. The molecule has 0 aliphatic rings. The van der Waals surface area contributed by atoms with E-state index in [4.69, 9.17) is 5.14 Å². The minimum absolute atomic E-state index is 0.0186. The summed E-state index contributed by atoms with van der Waals surface area (Å²) < 4.78 is 22.8. The summed E-state index contributed by atoms with van der Waals surface area (Å²) >= 11 is 0. The van der Waals surface area contributed by atoms with E-state index < -0.39 is 15.9 Å². The van der Waals surface area contributed by atoms with E-state index in [0.29, 0.717) is 0 Å². The number of pyridine rings is 1. The third-order valence-electron chi connectivity index (χ3n) is 2.44. The summed E-state index contributed by atoms with van der Waals surface area (Å²) in [4.78, 5) is 15.4. The second-order valence-electron chi connectivity index (χ2n) is 3.87. The molecule has 1 amide bonds. The average Bonchev–Trinajstić information content (AvgIpc) is 2.38. The molecule has 8 heteroatoms. The molecule has 7 nitrogen and oxygen atoms in total. The molecule has 0 saturated carbocycles. The number of aromatic nitrogens is 1. The fourth-order valence-electron chi connectivity index (χ4n) is 1.57. The molecule has 0 aliphatic heterocycles. The molecule has 2 rings (SSSR count). The number of nitrogens with two attached hydrogens (primary N) is 1.